The molecule has 0 unspecified atom stereocenters. The van der Waals surface area contributed by atoms with E-state index < -0.39 is 0 Å². The molecule has 5 nitrogen and oxygen atoms in total. The van der Waals surface area contributed by atoms with Gasteiger partial charge < -0.3 is 19.3 Å². The van der Waals surface area contributed by atoms with Gasteiger partial charge in [-0.2, -0.15) is 0 Å². The van der Waals surface area contributed by atoms with Crippen molar-refractivity contribution in [3.63, 3.8) is 0 Å². The normalized spacial score (nSPS) is 14.2. The van der Waals surface area contributed by atoms with Gasteiger partial charge in [0.2, 0.25) is 5.91 Å². The second-order valence-corrected chi connectivity index (χ2v) is 7.10. The summed E-state index contributed by atoms with van der Waals surface area (Å²) in [5.41, 5.74) is 3.17. The summed E-state index contributed by atoms with van der Waals surface area (Å²) in [5, 5.41) is 0.519. The Morgan fingerprint density at radius 3 is 2.37 bits per heavy atom. The van der Waals surface area contributed by atoms with Gasteiger partial charge in [-0.1, -0.05) is 41.4 Å². The monoisotopic (exact) mass is 388 g/mol. The van der Waals surface area contributed by atoms with Crippen LogP contribution in [0.3, 0.4) is 0 Å². The molecule has 1 heterocycles. The standard InChI is InChI=1S/C21H25ClN2O3/c1-15-5-4-6-16(11-15)12-21(25)24-9-7-23(8-10-24)18-14-19(26-2)17(22)13-20(18)27-3/h4-6,11,13-14H,7-10,12H2,1-3H3. The molecule has 6 heteroatoms. The third-order valence-electron chi connectivity index (χ3n) is 4.86. The fourth-order valence-electron chi connectivity index (χ4n) is 3.40. The number of carbonyl (C=O) groups excluding carboxylic acids is 1. The number of amides is 1. The Bertz CT molecular complexity index is 817. The van der Waals surface area contributed by atoms with Crippen LogP contribution in [-0.4, -0.2) is 51.2 Å². The van der Waals surface area contributed by atoms with Crippen molar-refractivity contribution in [3.05, 3.63) is 52.5 Å². The summed E-state index contributed by atoms with van der Waals surface area (Å²) < 4.78 is 10.8. The van der Waals surface area contributed by atoms with Crippen LogP contribution in [-0.2, 0) is 11.2 Å². The largest absolute Gasteiger partial charge is 0.495 e. The van der Waals surface area contributed by atoms with Gasteiger partial charge in [0.1, 0.15) is 11.5 Å². The minimum Gasteiger partial charge on any atom is -0.495 e. The molecule has 1 aliphatic rings. The Hall–Kier alpha value is -2.40. The second kappa shape index (κ2) is 8.53. The molecule has 0 aliphatic carbocycles. The molecule has 1 fully saturated rings. The van der Waals surface area contributed by atoms with Crippen LogP contribution in [0, 0.1) is 6.92 Å². The van der Waals surface area contributed by atoms with E-state index in [0.717, 1.165) is 24.3 Å². The van der Waals surface area contributed by atoms with Crippen LogP contribution in [0.25, 0.3) is 0 Å². The molecule has 27 heavy (non-hydrogen) atoms. The smallest absolute Gasteiger partial charge is 0.227 e. The zero-order valence-electron chi connectivity index (χ0n) is 16.0. The summed E-state index contributed by atoms with van der Waals surface area (Å²) in [4.78, 5) is 16.8. The molecular weight excluding hydrogens is 364 g/mol. The number of hydrogen-bond donors (Lipinski definition) is 0. The molecule has 0 saturated carbocycles. The number of piperazine rings is 1. The highest BCUT2D eigenvalue weighted by atomic mass is 35.5. The van der Waals surface area contributed by atoms with Gasteiger partial charge in [0.15, 0.2) is 0 Å². The number of rotatable bonds is 5. The molecule has 0 N–H and O–H groups in total. The summed E-state index contributed by atoms with van der Waals surface area (Å²) in [6, 6.07) is 11.8. The number of aryl methyl sites for hydroxylation is 1. The molecule has 0 spiro atoms. The Morgan fingerprint density at radius 2 is 1.74 bits per heavy atom. The minimum atomic E-state index is 0.168. The van der Waals surface area contributed by atoms with Crippen molar-refractivity contribution in [1.82, 2.24) is 4.90 Å². The SMILES string of the molecule is COc1cc(N2CCN(C(=O)Cc3cccc(C)c3)CC2)c(OC)cc1Cl. The molecule has 0 atom stereocenters. The summed E-state index contributed by atoms with van der Waals surface area (Å²) in [6.07, 6.45) is 0.444. The number of hydrogen-bond acceptors (Lipinski definition) is 4. The lowest BCUT2D eigenvalue weighted by Gasteiger charge is -2.37. The lowest BCUT2D eigenvalue weighted by molar-refractivity contribution is -0.130. The van der Waals surface area contributed by atoms with E-state index in [0.29, 0.717) is 36.0 Å². The topological polar surface area (TPSA) is 42.0 Å². The zero-order valence-corrected chi connectivity index (χ0v) is 16.8. The average Bonchev–Trinajstić information content (AvgIpc) is 2.68. The van der Waals surface area contributed by atoms with Gasteiger partial charge in [-0.3, -0.25) is 4.79 Å². The van der Waals surface area contributed by atoms with Crippen LogP contribution in [0.5, 0.6) is 11.5 Å². The van der Waals surface area contributed by atoms with Crippen LogP contribution < -0.4 is 14.4 Å². The number of carbonyl (C=O) groups is 1. The number of benzene rings is 2. The molecule has 1 amide bonds. The van der Waals surface area contributed by atoms with E-state index in [2.05, 4.69) is 11.0 Å². The second-order valence-electron chi connectivity index (χ2n) is 6.69. The van der Waals surface area contributed by atoms with E-state index in [1.54, 1.807) is 20.3 Å². The van der Waals surface area contributed by atoms with Crippen molar-refractivity contribution in [2.45, 2.75) is 13.3 Å². The minimum absolute atomic E-state index is 0.168. The molecule has 3 rings (SSSR count). The van der Waals surface area contributed by atoms with E-state index in [9.17, 15) is 4.79 Å². The third kappa shape index (κ3) is 4.48. The molecule has 0 aromatic heterocycles. The van der Waals surface area contributed by atoms with Gasteiger partial charge in [-0.05, 0) is 12.5 Å². The van der Waals surface area contributed by atoms with Crippen molar-refractivity contribution >= 4 is 23.2 Å². The number of methoxy groups -OCH3 is 2. The van der Waals surface area contributed by atoms with Crippen molar-refractivity contribution in [2.75, 3.05) is 45.3 Å². The summed E-state index contributed by atoms with van der Waals surface area (Å²) in [7, 11) is 3.22. The van der Waals surface area contributed by atoms with Gasteiger partial charge in [-0.15, -0.1) is 0 Å². The predicted molar refractivity (Wildman–Crippen MR) is 108 cm³/mol. The van der Waals surface area contributed by atoms with Crippen molar-refractivity contribution < 1.29 is 14.3 Å². The highest BCUT2D eigenvalue weighted by molar-refractivity contribution is 6.32. The number of anilines is 1. The van der Waals surface area contributed by atoms with E-state index in [1.807, 2.05) is 36.1 Å². The number of nitrogens with zero attached hydrogens (tertiary/aromatic N) is 2. The first-order valence-corrected chi connectivity index (χ1v) is 9.39. The first kappa shape index (κ1) is 19.4. The van der Waals surface area contributed by atoms with Crippen molar-refractivity contribution in [2.24, 2.45) is 0 Å². The van der Waals surface area contributed by atoms with Crippen LogP contribution >= 0.6 is 11.6 Å². The maximum absolute atomic E-state index is 12.6. The predicted octanol–water partition coefficient (Wildman–Crippen LogP) is 3.56. The fraction of sp³-hybridized carbons (Fsp3) is 0.381. The van der Waals surface area contributed by atoms with E-state index in [1.165, 1.54) is 5.56 Å². The van der Waals surface area contributed by atoms with Crippen LogP contribution in [0.1, 0.15) is 11.1 Å². The molecule has 1 aliphatic heterocycles. The number of halogens is 1. The van der Waals surface area contributed by atoms with E-state index >= 15 is 0 Å². The van der Waals surface area contributed by atoms with Gasteiger partial charge >= 0.3 is 0 Å². The van der Waals surface area contributed by atoms with E-state index in [4.69, 9.17) is 21.1 Å². The van der Waals surface area contributed by atoms with Gasteiger partial charge in [0, 0.05) is 38.3 Å². The Morgan fingerprint density at radius 1 is 1.04 bits per heavy atom. The fourth-order valence-corrected chi connectivity index (χ4v) is 3.63. The Balaban J connectivity index is 1.66. The lowest BCUT2D eigenvalue weighted by atomic mass is 10.1. The number of ether oxygens (including phenoxy) is 2. The summed E-state index contributed by atoms with van der Waals surface area (Å²) in [5.74, 6) is 1.49. The van der Waals surface area contributed by atoms with Crippen molar-refractivity contribution in [1.29, 1.82) is 0 Å². The molecule has 0 bridgehead atoms. The van der Waals surface area contributed by atoms with Gasteiger partial charge in [-0.25, -0.2) is 0 Å². The highest BCUT2D eigenvalue weighted by Crippen LogP contribution is 2.38. The molecule has 2 aromatic carbocycles. The summed E-state index contributed by atoms with van der Waals surface area (Å²) >= 11 is 6.20. The molecule has 144 valence electrons. The first-order valence-electron chi connectivity index (χ1n) is 9.01. The average molecular weight is 389 g/mol. The maximum atomic E-state index is 12.6. The molecule has 1 saturated heterocycles. The first-order chi connectivity index (χ1) is 13.0. The summed E-state index contributed by atoms with van der Waals surface area (Å²) in [6.45, 7) is 4.87. The van der Waals surface area contributed by atoms with E-state index in [-0.39, 0.29) is 5.91 Å². The Kier molecular flexibility index (Phi) is 6.11. The molecule has 2 aromatic rings. The lowest BCUT2D eigenvalue weighted by Crippen LogP contribution is -2.49. The van der Waals surface area contributed by atoms with Gasteiger partial charge in [0.05, 0.1) is 31.4 Å². The third-order valence-corrected chi connectivity index (χ3v) is 5.16. The zero-order chi connectivity index (χ0) is 19.4. The van der Waals surface area contributed by atoms with Gasteiger partial charge in [0.25, 0.3) is 0 Å². The van der Waals surface area contributed by atoms with Crippen LogP contribution in [0.2, 0.25) is 5.02 Å². The molecule has 0 radical (unpaired) electrons. The molecular formula is C21H25ClN2O3. The Labute approximate surface area is 165 Å². The highest BCUT2D eigenvalue weighted by Gasteiger charge is 2.24. The van der Waals surface area contributed by atoms with Crippen LogP contribution in [0.4, 0.5) is 5.69 Å². The quantitative estimate of drug-likeness (QED) is 0.785. The maximum Gasteiger partial charge on any atom is 0.227 e. The van der Waals surface area contributed by atoms with Crippen molar-refractivity contribution in [3.8, 4) is 11.5 Å². The van der Waals surface area contributed by atoms with Crippen LogP contribution in [0.15, 0.2) is 36.4 Å².